The van der Waals surface area contributed by atoms with Gasteiger partial charge in [0.2, 0.25) is 0 Å². The molecule has 0 spiro atoms. The molecule has 28 heavy (non-hydrogen) atoms. The SMILES string of the molecule is CC1=C(c2ccc(C(C)(C)C)cc2)C(=O)C/C1=C/c1ccc(C(C)(C)C)cc1. The smallest absolute Gasteiger partial charge is 0.168 e. The van der Waals surface area contributed by atoms with Gasteiger partial charge in [-0.25, -0.2) is 0 Å². The third-order valence-corrected chi connectivity index (χ3v) is 5.64. The molecule has 1 aliphatic carbocycles. The average Bonchev–Trinajstić information content (AvgIpc) is 2.87. The Morgan fingerprint density at radius 2 is 1.21 bits per heavy atom. The van der Waals surface area contributed by atoms with Gasteiger partial charge in [-0.05, 0) is 51.2 Å². The highest BCUT2D eigenvalue weighted by Crippen LogP contribution is 2.37. The van der Waals surface area contributed by atoms with Crippen molar-refractivity contribution in [3.8, 4) is 0 Å². The predicted molar refractivity (Wildman–Crippen MR) is 120 cm³/mol. The quantitative estimate of drug-likeness (QED) is 0.549. The van der Waals surface area contributed by atoms with Crippen LogP contribution in [0.25, 0.3) is 11.6 Å². The van der Waals surface area contributed by atoms with Gasteiger partial charge >= 0.3 is 0 Å². The normalized spacial score (nSPS) is 17.0. The first-order valence-corrected chi connectivity index (χ1v) is 10.1. The first kappa shape index (κ1) is 20.3. The Kier molecular flexibility index (Phi) is 5.23. The second kappa shape index (κ2) is 7.20. The summed E-state index contributed by atoms with van der Waals surface area (Å²) in [4.78, 5) is 12.8. The van der Waals surface area contributed by atoms with E-state index < -0.39 is 0 Å². The van der Waals surface area contributed by atoms with Crippen LogP contribution in [0.2, 0.25) is 0 Å². The van der Waals surface area contributed by atoms with Crippen molar-refractivity contribution in [3.05, 3.63) is 81.9 Å². The van der Waals surface area contributed by atoms with Crippen LogP contribution in [0, 0.1) is 0 Å². The predicted octanol–water partition coefficient (Wildman–Crippen LogP) is 7.11. The largest absolute Gasteiger partial charge is 0.294 e. The zero-order chi connectivity index (χ0) is 20.7. The lowest BCUT2D eigenvalue weighted by molar-refractivity contribution is -0.112. The fraction of sp³-hybridized carbons (Fsp3) is 0.370. The van der Waals surface area contributed by atoms with Crippen LogP contribution in [-0.2, 0) is 15.6 Å². The number of carbonyl (C=O) groups is 1. The van der Waals surface area contributed by atoms with Crippen LogP contribution in [0.5, 0.6) is 0 Å². The molecule has 0 fully saturated rings. The monoisotopic (exact) mass is 372 g/mol. The molecule has 0 heterocycles. The molecule has 0 aromatic heterocycles. The van der Waals surface area contributed by atoms with Crippen molar-refractivity contribution in [1.29, 1.82) is 0 Å². The van der Waals surface area contributed by atoms with Gasteiger partial charge in [0.05, 0.1) is 0 Å². The van der Waals surface area contributed by atoms with Gasteiger partial charge in [-0.15, -0.1) is 0 Å². The Morgan fingerprint density at radius 3 is 1.68 bits per heavy atom. The van der Waals surface area contributed by atoms with Crippen molar-refractivity contribution < 1.29 is 4.79 Å². The van der Waals surface area contributed by atoms with Gasteiger partial charge in [0, 0.05) is 12.0 Å². The summed E-state index contributed by atoms with van der Waals surface area (Å²) in [5, 5.41) is 0. The molecule has 0 N–H and O–H groups in total. The van der Waals surface area contributed by atoms with Gasteiger partial charge < -0.3 is 0 Å². The molecule has 0 saturated carbocycles. The summed E-state index contributed by atoms with van der Waals surface area (Å²) in [5.41, 5.74) is 8.17. The Morgan fingerprint density at radius 1 is 0.750 bits per heavy atom. The Labute approximate surface area is 170 Å². The lowest BCUT2D eigenvalue weighted by atomic mass is 9.86. The van der Waals surface area contributed by atoms with Crippen molar-refractivity contribution in [1.82, 2.24) is 0 Å². The van der Waals surface area contributed by atoms with Crippen LogP contribution in [0.4, 0.5) is 0 Å². The van der Waals surface area contributed by atoms with E-state index in [0.717, 1.165) is 27.8 Å². The van der Waals surface area contributed by atoms with Crippen LogP contribution >= 0.6 is 0 Å². The highest BCUT2D eigenvalue weighted by Gasteiger charge is 2.26. The van der Waals surface area contributed by atoms with Gasteiger partial charge in [0.1, 0.15) is 0 Å². The molecule has 1 aliphatic rings. The van der Waals surface area contributed by atoms with Gasteiger partial charge in [-0.3, -0.25) is 4.79 Å². The summed E-state index contributed by atoms with van der Waals surface area (Å²) < 4.78 is 0. The van der Waals surface area contributed by atoms with E-state index in [9.17, 15) is 4.79 Å². The number of hydrogen-bond donors (Lipinski definition) is 0. The molecule has 1 heteroatoms. The molecular formula is C27H32O. The first-order valence-electron chi connectivity index (χ1n) is 10.1. The number of ketones is 1. The second-order valence-electron chi connectivity index (χ2n) is 9.97. The number of carbonyl (C=O) groups excluding carboxylic acids is 1. The average molecular weight is 373 g/mol. The Bertz CT molecular complexity index is 937. The summed E-state index contributed by atoms with van der Waals surface area (Å²) in [6.07, 6.45) is 2.65. The molecule has 146 valence electrons. The van der Waals surface area contributed by atoms with Gasteiger partial charge in [0.15, 0.2) is 5.78 Å². The van der Waals surface area contributed by atoms with E-state index in [1.54, 1.807) is 0 Å². The molecule has 0 saturated heterocycles. The van der Waals surface area contributed by atoms with Crippen molar-refractivity contribution in [2.24, 2.45) is 0 Å². The molecule has 2 aromatic rings. The van der Waals surface area contributed by atoms with Crippen molar-refractivity contribution in [3.63, 3.8) is 0 Å². The fourth-order valence-corrected chi connectivity index (χ4v) is 3.72. The molecule has 0 amide bonds. The highest BCUT2D eigenvalue weighted by molar-refractivity contribution is 6.26. The summed E-state index contributed by atoms with van der Waals surface area (Å²) in [5.74, 6) is 0.221. The number of hydrogen-bond acceptors (Lipinski definition) is 1. The maximum absolute atomic E-state index is 12.8. The minimum absolute atomic E-state index is 0.117. The molecule has 3 rings (SSSR count). The summed E-state index contributed by atoms with van der Waals surface area (Å²) in [6.45, 7) is 15.4. The van der Waals surface area contributed by atoms with E-state index in [1.807, 2.05) is 0 Å². The number of rotatable bonds is 2. The zero-order valence-electron chi connectivity index (χ0n) is 18.3. The minimum atomic E-state index is 0.117. The van der Waals surface area contributed by atoms with Crippen molar-refractivity contribution in [2.45, 2.75) is 65.7 Å². The third kappa shape index (κ3) is 4.19. The van der Waals surface area contributed by atoms with Crippen LogP contribution < -0.4 is 0 Å². The molecule has 0 bridgehead atoms. The van der Waals surface area contributed by atoms with Crippen molar-refractivity contribution in [2.75, 3.05) is 0 Å². The first-order chi connectivity index (χ1) is 13.0. The molecular weight excluding hydrogens is 340 g/mol. The number of allylic oxidation sites excluding steroid dienone is 3. The third-order valence-electron chi connectivity index (χ3n) is 5.64. The molecule has 0 atom stereocenters. The van der Waals surface area contributed by atoms with Crippen LogP contribution in [0.1, 0.15) is 77.1 Å². The standard InChI is InChI=1S/C27H32O/c1-18-21(16-19-8-12-22(13-9-19)26(2,3)4)17-24(28)25(18)20-10-14-23(15-11-20)27(5,6)7/h8-16H,17H2,1-7H3/b21-16-. The maximum Gasteiger partial charge on any atom is 0.168 e. The Balaban J connectivity index is 1.92. The lowest BCUT2D eigenvalue weighted by Gasteiger charge is -2.19. The maximum atomic E-state index is 12.8. The summed E-state index contributed by atoms with van der Waals surface area (Å²) in [7, 11) is 0. The van der Waals surface area contributed by atoms with Gasteiger partial charge in [0.25, 0.3) is 0 Å². The summed E-state index contributed by atoms with van der Waals surface area (Å²) >= 11 is 0. The van der Waals surface area contributed by atoms with E-state index in [-0.39, 0.29) is 16.6 Å². The van der Waals surface area contributed by atoms with E-state index in [0.29, 0.717) is 6.42 Å². The molecule has 0 radical (unpaired) electrons. The highest BCUT2D eigenvalue weighted by atomic mass is 16.1. The van der Waals surface area contributed by atoms with Crippen molar-refractivity contribution >= 4 is 17.4 Å². The molecule has 0 unspecified atom stereocenters. The van der Waals surface area contributed by atoms with E-state index in [4.69, 9.17) is 0 Å². The second-order valence-corrected chi connectivity index (χ2v) is 9.97. The number of Topliss-reactive ketones (excluding diaryl/α,β-unsaturated/α-hetero) is 1. The van der Waals surface area contributed by atoms with Crippen LogP contribution in [-0.4, -0.2) is 5.78 Å². The van der Waals surface area contributed by atoms with Gasteiger partial charge in [-0.1, -0.05) is 96.1 Å². The Hall–Kier alpha value is -2.41. The molecule has 1 nitrogen and oxygen atoms in total. The van der Waals surface area contributed by atoms with E-state index in [2.05, 4.69) is 103 Å². The lowest BCUT2D eigenvalue weighted by Crippen LogP contribution is -2.10. The summed E-state index contributed by atoms with van der Waals surface area (Å²) in [6, 6.07) is 17.2. The topological polar surface area (TPSA) is 17.1 Å². The zero-order valence-corrected chi connectivity index (χ0v) is 18.3. The fourth-order valence-electron chi connectivity index (χ4n) is 3.72. The van der Waals surface area contributed by atoms with Crippen LogP contribution in [0.3, 0.4) is 0 Å². The minimum Gasteiger partial charge on any atom is -0.294 e. The van der Waals surface area contributed by atoms with Gasteiger partial charge in [-0.2, -0.15) is 0 Å². The molecule has 2 aromatic carbocycles. The van der Waals surface area contributed by atoms with E-state index >= 15 is 0 Å². The van der Waals surface area contributed by atoms with E-state index in [1.165, 1.54) is 11.1 Å². The van der Waals surface area contributed by atoms with Crippen LogP contribution in [0.15, 0.2) is 59.7 Å². The number of benzene rings is 2. The molecule has 0 aliphatic heterocycles.